The van der Waals surface area contributed by atoms with Crippen molar-refractivity contribution in [2.24, 2.45) is 0 Å². The third-order valence-electron chi connectivity index (χ3n) is 1.91. The van der Waals surface area contributed by atoms with Crippen LogP contribution in [0.25, 0.3) is 0 Å². The fourth-order valence-electron chi connectivity index (χ4n) is 1.17. The van der Waals surface area contributed by atoms with Crippen LogP contribution in [-0.4, -0.2) is 4.98 Å². The summed E-state index contributed by atoms with van der Waals surface area (Å²) in [5.41, 5.74) is 2.18. The van der Waals surface area contributed by atoms with Crippen LogP contribution in [0.3, 0.4) is 0 Å². The third-order valence-corrected chi connectivity index (χ3v) is 4.04. The Morgan fingerprint density at radius 1 is 1.47 bits per heavy atom. The van der Waals surface area contributed by atoms with Crippen LogP contribution in [0.1, 0.15) is 5.56 Å². The largest absolute Gasteiger partial charge is 0.331 e. The zero-order valence-corrected chi connectivity index (χ0v) is 11.1. The molecule has 0 saturated heterocycles. The van der Waals surface area contributed by atoms with E-state index in [0.29, 0.717) is 5.15 Å². The highest BCUT2D eigenvalue weighted by molar-refractivity contribution is 9.10. The van der Waals surface area contributed by atoms with Crippen molar-refractivity contribution in [1.82, 2.24) is 4.98 Å². The summed E-state index contributed by atoms with van der Waals surface area (Å²) < 4.78 is 1.05. The van der Waals surface area contributed by atoms with Gasteiger partial charge in [-0.3, -0.25) is 0 Å². The molecule has 15 heavy (non-hydrogen) atoms. The Hall–Kier alpha value is -0.580. The van der Waals surface area contributed by atoms with E-state index in [1.165, 1.54) is 16.9 Å². The molecule has 0 spiro atoms. The number of hydrogen-bond donors (Lipinski definition) is 1. The van der Waals surface area contributed by atoms with Crippen LogP contribution in [0.15, 0.2) is 28.1 Å². The van der Waals surface area contributed by atoms with E-state index >= 15 is 0 Å². The molecule has 0 aliphatic heterocycles. The zero-order valence-electron chi connectivity index (χ0n) is 7.92. The van der Waals surface area contributed by atoms with E-state index in [0.717, 1.165) is 15.3 Å². The van der Waals surface area contributed by atoms with Crippen molar-refractivity contribution in [3.05, 3.63) is 38.8 Å². The molecule has 1 heterocycles. The third kappa shape index (κ3) is 2.51. The van der Waals surface area contributed by atoms with Gasteiger partial charge in [0.15, 0.2) is 5.13 Å². The number of hydrogen-bond acceptors (Lipinski definition) is 3. The SMILES string of the molecule is Cc1cccc(Nc2nc(Cl)cs2)c1Br. The van der Waals surface area contributed by atoms with Crippen LogP contribution in [0.4, 0.5) is 10.8 Å². The van der Waals surface area contributed by atoms with Crippen molar-refractivity contribution >= 4 is 49.7 Å². The molecule has 0 fully saturated rings. The van der Waals surface area contributed by atoms with Gasteiger partial charge in [0.1, 0.15) is 5.15 Å². The van der Waals surface area contributed by atoms with E-state index in [4.69, 9.17) is 11.6 Å². The second kappa shape index (κ2) is 4.51. The highest BCUT2D eigenvalue weighted by Gasteiger charge is 2.04. The number of thiazole rings is 1. The Kier molecular flexibility index (Phi) is 3.29. The van der Waals surface area contributed by atoms with Gasteiger partial charge in [-0.15, -0.1) is 11.3 Å². The maximum Gasteiger partial charge on any atom is 0.188 e. The fourth-order valence-corrected chi connectivity index (χ4v) is 2.38. The number of nitrogens with zero attached hydrogens (tertiary/aromatic N) is 1. The number of halogens is 2. The summed E-state index contributed by atoms with van der Waals surface area (Å²) >= 11 is 10.8. The molecule has 0 atom stereocenters. The Morgan fingerprint density at radius 3 is 2.93 bits per heavy atom. The molecule has 2 nitrogen and oxygen atoms in total. The van der Waals surface area contributed by atoms with E-state index in [2.05, 4.69) is 26.2 Å². The number of rotatable bonds is 2. The summed E-state index contributed by atoms with van der Waals surface area (Å²) in [5, 5.41) is 6.33. The van der Waals surface area contributed by atoms with Gasteiger partial charge in [0.05, 0.1) is 5.69 Å². The summed E-state index contributed by atoms with van der Waals surface area (Å²) in [6, 6.07) is 6.04. The smallest absolute Gasteiger partial charge is 0.188 e. The molecule has 2 aromatic rings. The lowest BCUT2D eigenvalue weighted by Crippen LogP contribution is -1.91. The minimum atomic E-state index is 0.520. The van der Waals surface area contributed by atoms with E-state index in [1.807, 2.05) is 25.1 Å². The highest BCUT2D eigenvalue weighted by Crippen LogP contribution is 2.30. The normalized spacial score (nSPS) is 10.3. The zero-order chi connectivity index (χ0) is 10.8. The fraction of sp³-hybridized carbons (Fsp3) is 0.100. The first-order valence-corrected chi connectivity index (χ1v) is 6.35. The van der Waals surface area contributed by atoms with Crippen molar-refractivity contribution in [3.63, 3.8) is 0 Å². The molecule has 0 radical (unpaired) electrons. The van der Waals surface area contributed by atoms with E-state index < -0.39 is 0 Å². The lowest BCUT2D eigenvalue weighted by Gasteiger charge is -2.06. The van der Waals surface area contributed by atoms with Crippen molar-refractivity contribution < 1.29 is 0 Å². The molecular weight excluding hydrogens is 296 g/mol. The van der Waals surface area contributed by atoms with Gasteiger partial charge in [0.25, 0.3) is 0 Å². The molecule has 0 unspecified atom stereocenters. The summed E-state index contributed by atoms with van der Waals surface area (Å²) in [5.74, 6) is 0. The number of aryl methyl sites for hydroxylation is 1. The van der Waals surface area contributed by atoms with Crippen LogP contribution in [0, 0.1) is 6.92 Å². The van der Waals surface area contributed by atoms with E-state index in [-0.39, 0.29) is 0 Å². The number of nitrogens with one attached hydrogen (secondary N) is 1. The van der Waals surface area contributed by atoms with Crippen LogP contribution in [0.2, 0.25) is 5.15 Å². The summed E-state index contributed by atoms with van der Waals surface area (Å²) in [6.07, 6.45) is 0. The topological polar surface area (TPSA) is 24.9 Å². The average Bonchev–Trinajstić information content (AvgIpc) is 2.59. The lowest BCUT2D eigenvalue weighted by atomic mass is 10.2. The van der Waals surface area contributed by atoms with Gasteiger partial charge < -0.3 is 5.32 Å². The standard InChI is InChI=1S/C10H8BrClN2S/c1-6-3-2-4-7(9(6)11)13-10-14-8(12)5-15-10/h2-5H,1H3,(H,13,14). The first kappa shape index (κ1) is 10.9. The van der Waals surface area contributed by atoms with Gasteiger partial charge in [0, 0.05) is 9.85 Å². The van der Waals surface area contributed by atoms with Crippen LogP contribution in [-0.2, 0) is 0 Å². The Morgan fingerprint density at radius 2 is 2.27 bits per heavy atom. The van der Waals surface area contributed by atoms with Gasteiger partial charge in [-0.25, -0.2) is 4.98 Å². The van der Waals surface area contributed by atoms with Crippen molar-refractivity contribution in [2.45, 2.75) is 6.92 Å². The summed E-state index contributed by atoms with van der Waals surface area (Å²) in [6.45, 7) is 2.05. The van der Waals surface area contributed by atoms with E-state index in [1.54, 1.807) is 5.38 Å². The molecule has 0 saturated carbocycles. The van der Waals surface area contributed by atoms with Gasteiger partial charge >= 0.3 is 0 Å². The molecule has 0 bridgehead atoms. The van der Waals surface area contributed by atoms with Gasteiger partial charge in [-0.1, -0.05) is 23.7 Å². The molecular formula is C10H8BrClN2S. The number of benzene rings is 1. The molecule has 1 aromatic heterocycles. The van der Waals surface area contributed by atoms with Gasteiger partial charge in [-0.2, -0.15) is 0 Å². The number of anilines is 2. The van der Waals surface area contributed by atoms with Crippen LogP contribution < -0.4 is 5.32 Å². The molecule has 78 valence electrons. The molecule has 1 aromatic carbocycles. The predicted octanol–water partition coefficient (Wildman–Crippen LogP) is 4.61. The van der Waals surface area contributed by atoms with Crippen LogP contribution >= 0.6 is 38.9 Å². The Balaban J connectivity index is 2.28. The summed E-state index contributed by atoms with van der Waals surface area (Å²) in [4.78, 5) is 4.13. The van der Waals surface area contributed by atoms with Gasteiger partial charge in [0.2, 0.25) is 0 Å². The number of aromatic nitrogens is 1. The van der Waals surface area contributed by atoms with E-state index in [9.17, 15) is 0 Å². The molecule has 2 rings (SSSR count). The second-order valence-corrected chi connectivity index (χ2v) is 5.08. The van der Waals surface area contributed by atoms with Gasteiger partial charge in [-0.05, 0) is 34.5 Å². The first-order chi connectivity index (χ1) is 7.16. The molecule has 0 aliphatic carbocycles. The minimum absolute atomic E-state index is 0.520. The molecule has 1 N–H and O–H groups in total. The molecule has 0 aliphatic rings. The highest BCUT2D eigenvalue weighted by atomic mass is 79.9. The molecule has 0 amide bonds. The summed E-state index contributed by atoms with van der Waals surface area (Å²) in [7, 11) is 0. The average molecular weight is 304 g/mol. The predicted molar refractivity (Wildman–Crippen MR) is 69.3 cm³/mol. The first-order valence-electron chi connectivity index (χ1n) is 4.30. The Bertz CT molecular complexity index is 484. The van der Waals surface area contributed by atoms with Crippen molar-refractivity contribution in [2.75, 3.05) is 5.32 Å². The quantitative estimate of drug-likeness (QED) is 0.876. The molecule has 5 heteroatoms. The maximum atomic E-state index is 5.75. The monoisotopic (exact) mass is 302 g/mol. The van der Waals surface area contributed by atoms with Crippen molar-refractivity contribution in [1.29, 1.82) is 0 Å². The Labute approximate surface area is 105 Å². The minimum Gasteiger partial charge on any atom is -0.331 e. The second-order valence-electron chi connectivity index (χ2n) is 3.04. The maximum absolute atomic E-state index is 5.75. The van der Waals surface area contributed by atoms with Crippen LogP contribution in [0.5, 0.6) is 0 Å². The lowest BCUT2D eigenvalue weighted by molar-refractivity contribution is 1.36. The van der Waals surface area contributed by atoms with Crippen molar-refractivity contribution in [3.8, 4) is 0 Å².